The lowest BCUT2D eigenvalue weighted by molar-refractivity contribution is 0.0673. The third kappa shape index (κ3) is 3.57. The molecule has 1 atom stereocenters. The first-order chi connectivity index (χ1) is 6.74. The molecule has 1 fully saturated rings. The second-order valence-corrected chi connectivity index (χ2v) is 4.40. The molecule has 1 heteroatoms. The summed E-state index contributed by atoms with van der Waals surface area (Å²) in [5.74, 6) is 0.721. The van der Waals surface area contributed by atoms with Crippen LogP contribution in [0.3, 0.4) is 0 Å². The molecule has 80 valence electrons. The Labute approximate surface area is 87.8 Å². The predicted molar refractivity (Wildman–Crippen MR) is 61.1 cm³/mol. The molecule has 0 aromatic rings. The Balaban J connectivity index is 2.46. The van der Waals surface area contributed by atoms with E-state index in [2.05, 4.69) is 20.1 Å². The van der Waals surface area contributed by atoms with E-state index in [9.17, 15) is 0 Å². The zero-order chi connectivity index (χ0) is 10.4. The number of rotatable bonds is 5. The van der Waals surface area contributed by atoms with E-state index in [4.69, 9.17) is 4.74 Å². The van der Waals surface area contributed by atoms with Gasteiger partial charge in [0, 0.05) is 6.42 Å². The van der Waals surface area contributed by atoms with E-state index in [0.29, 0.717) is 6.10 Å². The smallest absolute Gasteiger partial charge is 0.104 e. The van der Waals surface area contributed by atoms with Gasteiger partial charge in [-0.25, -0.2) is 0 Å². The molecule has 1 aliphatic rings. The van der Waals surface area contributed by atoms with Crippen molar-refractivity contribution in [1.29, 1.82) is 0 Å². The summed E-state index contributed by atoms with van der Waals surface area (Å²) in [6.45, 7) is 9.68. The molecule has 0 amide bonds. The molecule has 1 rings (SSSR count). The van der Waals surface area contributed by atoms with E-state index >= 15 is 0 Å². The van der Waals surface area contributed by atoms with Crippen LogP contribution in [-0.4, -0.2) is 6.10 Å². The molecule has 0 radical (unpaired) electrons. The van der Waals surface area contributed by atoms with Gasteiger partial charge in [0.2, 0.25) is 0 Å². The third-order valence-electron chi connectivity index (χ3n) is 3.00. The monoisotopic (exact) mass is 194 g/mol. The summed E-state index contributed by atoms with van der Waals surface area (Å²) >= 11 is 0. The molecule has 0 saturated heterocycles. The molecule has 0 spiro atoms. The molecule has 0 heterocycles. The van der Waals surface area contributed by atoms with Crippen LogP contribution in [0.15, 0.2) is 25.0 Å². The maximum atomic E-state index is 5.60. The van der Waals surface area contributed by atoms with Gasteiger partial charge in [0.15, 0.2) is 0 Å². The van der Waals surface area contributed by atoms with E-state index < -0.39 is 0 Å². The van der Waals surface area contributed by atoms with Gasteiger partial charge in [0.1, 0.15) is 6.10 Å². The summed E-state index contributed by atoms with van der Waals surface area (Å²) in [5, 5.41) is 0. The minimum Gasteiger partial charge on any atom is -0.498 e. The van der Waals surface area contributed by atoms with E-state index in [1.54, 1.807) is 6.26 Å². The van der Waals surface area contributed by atoms with Crippen LogP contribution in [0.5, 0.6) is 0 Å². The van der Waals surface area contributed by atoms with Gasteiger partial charge in [-0.1, -0.05) is 31.4 Å². The van der Waals surface area contributed by atoms with Crippen LogP contribution in [0.1, 0.15) is 45.4 Å². The molecule has 0 aromatic carbocycles. The van der Waals surface area contributed by atoms with Crippen molar-refractivity contribution in [3.8, 4) is 0 Å². The van der Waals surface area contributed by atoms with Gasteiger partial charge in [-0.05, 0) is 25.7 Å². The maximum Gasteiger partial charge on any atom is 0.104 e. The molecule has 1 aliphatic carbocycles. The molecule has 0 N–H and O–H groups in total. The molecular weight excluding hydrogens is 172 g/mol. The van der Waals surface area contributed by atoms with Crippen molar-refractivity contribution in [3.63, 3.8) is 0 Å². The number of hydrogen-bond acceptors (Lipinski definition) is 1. The Bertz CT molecular complexity index is 189. The van der Waals surface area contributed by atoms with Crippen LogP contribution in [0.4, 0.5) is 0 Å². The summed E-state index contributed by atoms with van der Waals surface area (Å²) in [6, 6.07) is 0. The maximum absolute atomic E-state index is 5.60. The lowest BCUT2D eigenvalue weighted by Gasteiger charge is -2.29. The van der Waals surface area contributed by atoms with Crippen molar-refractivity contribution in [2.75, 3.05) is 0 Å². The summed E-state index contributed by atoms with van der Waals surface area (Å²) in [4.78, 5) is 0. The van der Waals surface area contributed by atoms with Crippen LogP contribution in [0.25, 0.3) is 0 Å². The zero-order valence-corrected chi connectivity index (χ0v) is 9.30. The van der Waals surface area contributed by atoms with Crippen LogP contribution in [0, 0.1) is 5.92 Å². The van der Waals surface area contributed by atoms with Crippen LogP contribution in [-0.2, 0) is 4.74 Å². The highest BCUT2D eigenvalue weighted by molar-refractivity contribution is 4.93. The summed E-state index contributed by atoms with van der Waals surface area (Å²) in [7, 11) is 0. The third-order valence-corrected chi connectivity index (χ3v) is 3.00. The second-order valence-electron chi connectivity index (χ2n) is 4.40. The van der Waals surface area contributed by atoms with Crippen molar-refractivity contribution in [2.45, 2.75) is 51.6 Å². The van der Waals surface area contributed by atoms with Crippen molar-refractivity contribution in [3.05, 3.63) is 25.0 Å². The molecular formula is C13H22O. The normalized spacial score (nSPS) is 20.1. The van der Waals surface area contributed by atoms with E-state index in [1.807, 2.05) is 0 Å². The van der Waals surface area contributed by atoms with Crippen molar-refractivity contribution in [1.82, 2.24) is 0 Å². The van der Waals surface area contributed by atoms with Gasteiger partial charge in [0.25, 0.3) is 0 Å². The Kier molecular flexibility index (Phi) is 4.78. The van der Waals surface area contributed by atoms with Crippen molar-refractivity contribution in [2.24, 2.45) is 5.92 Å². The quantitative estimate of drug-likeness (QED) is 0.473. The molecule has 0 bridgehead atoms. The molecule has 1 saturated carbocycles. The van der Waals surface area contributed by atoms with Crippen molar-refractivity contribution < 1.29 is 4.74 Å². The zero-order valence-electron chi connectivity index (χ0n) is 9.30. The minimum atomic E-state index is 0.324. The first kappa shape index (κ1) is 11.4. The fraction of sp³-hybridized carbons (Fsp3) is 0.692. The van der Waals surface area contributed by atoms with E-state index in [-0.39, 0.29) is 0 Å². The summed E-state index contributed by atoms with van der Waals surface area (Å²) in [6.07, 6.45) is 9.63. The summed E-state index contributed by atoms with van der Waals surface area (Å²) in [5.41, 5.74) is 1.21. The van der Waals surface area contributed by atoms with Gasteiger partial charge < -0.3 is 4.74 Å². The molecule has 0 aromatic heterocycles. The first-order valence-corrected chi connectivity index (χ1v) is 5.64. The van der Waals surface area contributed by atoms with Gasteiger partial charge in [-0.2, -0.15) is 0 Å². The van der Waals surface area contributed by atoms with E-state index in [1.165, 1.54) is 37.7 Å². The average Bonchev–Trinajstić information content (AvgIpc) is 2.18. The topological polar surface area (TPSA) is 9.23 Å². The van der Waals surface area contributed by atoms with Crippen LogP contribution >= 0.6 is 0 Å². The van der Waals surface area contributed by atoms with Gasteiger partial charge in [0.05, 0.1) is 6.26 Å². The summed E-state index contributed by atoms with van der Waals surface area (Å²) < 4.78 is 5.60. The Hall–Kier alpha value is -0.720. The average molecular weight is 194 g/mol. The second kappa shape index (κ2) is 5.90. The minimum absolute atomic E-state index is 0.324. The highest BCUT2D eigenvalue weighted by Crippen LogP contribution is 2.30. The Morgan fingerprint density at radius 1 is 1.43 bits per heavy atom. The molecule has 0 aliphatic heterocycles. The standard InChI is InChI=1S/C13H22O/c1-4-14-13(10-11(2)3)12-8-6-5-7-9-12/h4,12-13H,1-2,5-10H2,3H3. The highest BCUT2D eigenvalue weighted by atomic mass is 16.5. The fourth-order valence-corrected chi connectivity index (χ4v) is 2.30. The molecule has 14 heavy (non-hydrogen) atoms. The lowest BCUT2D eigenvalue weighted by Crippen LogP contribution is -2.24. The SMILES string of the molecule is C=COC(CC(=C)C)C1CCCCC1. The van der Waals surface area contributed by atoms with Gasteiger partial charge >= 0.3 is 0 Å². The van der Waals surface area contributed by atoms with Crippen molar-refractivity contribution >= 4 is 0 Å². The lowest BCUT2D eigenvalue weighted by atomic mass is 9.83. The first-order valence-electron chi connectivity index (χ1n) is 5.64. The number of hydrogen-bond donors (Lipinski definition) is 0. The largest absolute Gasteiger partial charge is 0.498 e. The Morgan fingerprint density at radius 3 is 2.57 bits per heavy atom. The number of ether oxygens (including phenoxy) is 1. The highest BCUT2D eigenvalue weighted by Gasteiger charge is 2.23. The van der Waals surface area contributed by atoms with Gasteiger partial charge in [-0.3, -0.25) is 0 Å². The predicted octanol–water partition coefficient (Wildman–Crippen LogP) is 4.06. The molecule has 1 unspecified atom stereocenters. The molecule has 1 nitrogen and oxygen atoms in total. The van der Waals surface area contributed by atoms with Gasteiger partial charge in [-0.15, -0.1) is 6.58 Å². The van der Waals surface area contributed by atoms with Crippen LogP contribution in [0.2, 0.25) is 0 Å². The fourth-order valence-electron chi connectivity index (χ4n) is 2.30. The Morgan fingerprint density at radius 2 is 2.07 bits per heavy atom. The van der Waals surface area contributed by atoms with E-state index in [0.717, 1.165) is 12.3 Å². The van der Waals surface area contributed by atoms with Crippen LogP contribution < -0.4 is 0 Å².